The van der Waals surface area contributed by atoms with Gasteiger partial charge in [0.25, 0.3) is 0 Å². The monoisotopic (exact) mass is 258 g/mol. The Hall–Kier alpha value is -0.160. The topological polar surface area (TPSA) is 33.7 Å². The number of methoxy groups -OCH3 is 2. The molecule has 0 aromatic heterocycles. The third-order valence-corrected chi connectivity index (χ3v) is 3.80. The van der Waals surface area contributed by atoms with E-state index < -0.39 is 0 Å². The van der Waals surface area contributed by atoms with Gasteiger partial charge < -0.3 is 14.8 Å². The third kappa shape index (κ3) is 6.14. The molecule has 0 radical (unpaired) electrons. The maximum Gasteiger partial charge on any atom is 0.0615 e. The summed E-state index contributed by atoms with van der Waals surface area (Å²) in [4.78, 5) is 2.44. The van der Waals surface area contributed by atoms with Crippen LogP contribution in [0, 0.1) is 0 Å². The molecule has 4 heteroatoms. The molecule has 1 rings (SSSR count). The Labute approximate surface area is 112 Å². The normalized spacial score (nSPS) is 18.7. The molecule has 18 heavy (non-hydrogen) atoms. The van der Waals surface area contributed by atoms with Gasteiger partial charge in [-0.25, -0.2) is 0 Å². The molecule has 0 aromatic carbocycles. The fraction of sp³-hybridized carbons (Fsp3) is 1.00. The van der Waals surface area contributed by atoms with Gasteiger partial charge in [0.1, 0.15) is 0 Å². The summed E-state index contributed by atoms with van der Waals surface area (Å²) in [5.74, 6) is 0. The van der Waals surface area contributed by atoms with Crippen molar-refractivity contribution in [3.05, 3.63) is 0 Å². The Morgan fingerprint density at radius 1 is 1.17 bits per heavy atom. The Balaban J connectivity index is 2.20. The van der Waals surface area contributed by atoms with Gasteiger partial charge in [-0.05, 0) is 19.8 Å². The molecule has 1 N–H and O–H groups in total. The molecule has 1 aliphatic rings. The molecule has 0 aromatic rings. The number of rotatable bonds is 10. The van der Waals surface area contributed by atoms with E-state index >= 15 is 0 Å². The van der Waals surface area contributed by atoms with Crippen molar-refractivity contribution in [2.45, 2.75) is 44.7 Å². The van der Waals surface area contributed by atoms with Crippen LogP contribution in [0.15, 0.2) is 0 Å². The smallest absolute Gasteiger partial charge is 0.0615 e. The fourth-order valence-electron chi connectivity index (χ4n) is 2.65. The molecular formula is C14H30N2O2. The number of nitrogens with one attached hydrogen (secondary N) is 1. The minimum Gasteiger partial charge on any atom is -0.383 e. The second-order valence-electron chi connectivity index (χ2n) is 5.27. The first-order valence-electron chi connectivity index (χ1n) is 7.23. The first-order valence-corrected chi connectivity index (χ1v) is 7.23. The largest absolute Gasteiger partial charge is 0.383 e. The van der Waals surface area contributed by atoms with E-state index in [4.69, 9.17) is 9.47 Å². The van der Waals surface area contributed by atoms with Crippen LogP contribution in [-0.2, 0) is 9.47 Å². The summed E-state index contributed by atoms with van der Waals surface area (Å²) >= 11 is 0. The lowest BCUT2D eigenvalue weighted by Crippen LogP contribution is -2.43. The lowest BCUT2D eigenvalue weighted by Gasteiger charge is -2.29. The highest BCUT2D eigenvalue weighted by molar-refractivity contribution is 4.75. The zero-order valence-corrected chi connectivity index (χ0v) is 12.3. The number of hydrogen-bond acceptors (Lipinski definition) is 4. The minimum atomic E-state index is 0.454. The van der Waals surface area contributed by atoms with Gasteiger partial charge in [-0.1, -0.05) is 12.8 Å². The average molecular weight is 258 g/mol. The Kier molecular flexibility index (Phi) is 8.59. The molecule has 1 fully saturated rings. The third-order valence-electron chi connectivity index (χ3n) is 3.80. The van der Waals surface area contributed by atoms with Gasteiger partial charge in [-0.3, -0.25) is 4.90 Å². The average Bonchev–Trinajstić information content (AvgIpc) is 2.86. The first-order chi connectivity index (χ1) is 8.77. The van der Waals surface area contributed by atoms with E-state index in [0.717, 1.165) is 38.9 Å². The predicted molar refractivity (Wildman–Crippen MR) is 75.0 cm³/mol. The highest BCUT2D eigenvalue weighted by Crippen LogP contribution is 2.17. The molecule has 0 spiro atoms. The zero-order valence-electron chi connectivity index (χ0n) is 12.3. The molecule has 1 aliphatic carbocycles. The molecule has 1 unspecified atom stereocenters. The van der Waals surface area contributed by atoms with E-state index in [2.05, 4.69) is 17.1 Å². The SMILES string of the molecule is COCCN(CCNC1CCCC1)C(C)COC. The summed E-state index contributed by atoms with van der Waals surface area (Å²) in [5.41, 5.74) is 0. The van der Waals surface area contributed by atoms with Crippen LogP contribution in [0.1, 0.15) is 32.6 Å². The lowest BCUT2D eigenvalue weighted by atomic mass is 10.2. The van der Waals surface area contributed by atoms with Gasteiger partial charge in [0.2, 0.25) is 0 Å². The number of ether oxygens (including phenoxy) is 2. The van der Waals surface area contributed by atoms with Crippen LogP contribution in [0.3, 0.4) is 0 Å². The van der Waals surface area contributed by atoms with Crippen LogP contribution in [0.25, 0.3) is 0 Å². The molecule has 0 amide bonds. The van der Waals surface area contributed by atoms with Crippen LogP contribution >= 0.6 is 0 Å². The number of nitrogens with zero attached hydrogens (tertiary/aromatic N) is 1. The Bertz CT molecular complexity index is 196. The van der Waals surface area contributed by atoms with Crippen molar-refractivity contribution >= 4 is 0 Å². The fourth-order valence-corrected chi connectivity index (χ4v) is 2.65. The summed E-state index contributed by atoms with van der Waals surface area (Å²) < 4.78 is 10.4. The summed E-state index contributed by atoms with van der Waals surface area (Å²) in [6, 6.07) is 1.21. The standard InChI is InChI=1S/C14H30N2O2/c1-13(12-18-3)16(10-11-17-2)9-8-15-14-6-4-5-7-14/h13-15H,4-12H2,1-3H3. The molecular weight excluding hydrogens is 228 g/mol. The molecule has 1 atom stereocenters. The minimum absolute atomic E-state index is 0.454. The molecule has 0 saturated heterocycles. The van der Waals surface area contributed by atoms with Gasteiger partial charge in [0, 0.05) is 45.9 Å². The van der Waals surface area contributed by atoms with E-state index in [0.29, 0.717) is 6.04 Å². The molecule has 0 bridgehead atoms. The Morgan fingerprint density at radius 2 is 1.89 bits per heavy atom. The predicted octanol–water partition coefficient (Wildman–Crippen LogP) is 1.50. The maximum atomic E-state index is 5.24. The van der Waals surface area contributed by atoms with Crippen molar-refractivity contribution in [1.82, 2.24) is 10.2 Å². The van der Waals surface area contributed by atoms with Crippen molar-refractivity contribution in [1.29, 1.82) is 0 Å². The van der Waals surface area contributed by atoms with Crippen LogP contribution in [0.2, 0.25) is 0 Å². The molecule has 1 saturated carbocycles. The highest BCUT2D eigenvalue weighted by Gasteiger charge is 2.16. The van der Waals surface area contributed by atoms with Gasteiger partial charge in [0.15, 0.2) is 0 Å². The second kappa shape index (κ2) is 9.73. The van der Waals surface area contributed by atoms with E-state index in [1.807, 2.05) is 0 Å². The van der Waals surface area contributed by atoms with Crippen LogP contribution in [-0.4, -0.2) is 64.1 Å². The summed E-state index contributed by atoms with van der Waals surface area (Å²) in [7, 11) is 3.53. The molecule has 0 aliphatic heterocycles. The van der Waals surface area contributed by atoms with Crippen molar-refractivity contribution in [2.75, 3.05) is 47.1 Å². The lowest BCUT2D eigenvalue weighted by molar-refractivity contribution is 0.0752. The van der Waals surface area contributed by atoms with Gasteiger partial charge in [-0.15, -0.1) is 0 Å². The van der Waals surface area contributed by atoms with Crippen LogP contribution in [0.5, 0.6) is 0 Å². The maximum absolute atomic E-state index is 5.24. The first kappa shape index (κ1) is 15.9. The van der Waals surface area contributed by atoms with E-state index in [-0.39, 0.29) is 0 Å². The molecule has 4 nitrogen and oxygen atoms in total. The second-order valence-corrected chi connectivity index (χ2v) is 5.27. The Morgan fingerprint density at radius 3 is 2.50 bits per heavy atom. The van der Waals surface area contributed by atoms with Crippen LogP contribution < -0.4 is 5.32 Å². The molecule has 108 valence electrons. The quantitative estimate of drug-likeness (QED) is 0.644. The summed E-state index contributed by atoms with van der Waals surface area (Å²) in [6.07, 6.45) is 5.49. The summed E-state index contributed by atoms with van der Waals surface area (Å²) in [6.45, 7) is 6.92. The molecule has 0 heterocycles. The van der Waals surface area contributed by atoms with Crippen molar-refractivity contribution < 1.29 is 9.47 Å². The van der Waals surface area contributed by atoms with E-state index in [9.17, 15) is 0 Å². The highest BCUT2D eigenvalue weighted by atomic mass is 16.5. The van der Waals surface area contributed by atoms with Gasteiger partial charge in [0.05, 0.1) is 13.2 Å². The summed E-state index contributed by atoms with van der Waals surface area (Å²) in [5, 5.41) is 3.66. The van der Waals surface area contributed by atoms with Gasteiger partial charge in [-0.2, -0.15) is 0 Å². The van der Waals surface area contributed by atoms with Crippen molar-refractivity contribution in [3.8, 4) is 0 Å². The zero-order chi connectivity index (χ0) is 13.2. The van der Waals surface area contributed by atoms with E-state index in [1.165, 1.54) is 25.7 Å². The number of hydrogen-bond donors (Lipinski definition) is 1. The van der Waals surface area contributed by atoms with E-state index in [1.54, 1.807) is 14.2 Å². The van der Waals surface area contributed by atoms with Crippen molar-refractivity contribution in [3.63, 3.8) is 0 Å². The van der Waals surface area contributed by atoms with Gasteiger partial charge >= 0.3 is 0 Å². The van der Waals surface area contributed by atoms with Crippen LogP contribution in [0.4, 0.5) is 0 Å². The van der Waals surface area contributed by atoms with Crippen molar-refractivity contribution in [2.24, 2.45) is 0 Å².